The Balaban J connectivity index is 1.06. The smallest absolute Gasteiger partial charge is 0.317 e. The SMILES string of the molecule is COC(=O)C[C@H](NC(=O)[C@H](CCCNC(=O)CCCc1ccc(I)cc1)NC(=O)CN1CCN(CC(=O)O)CCN(CC(=O)O)CCN(CC(=O)O)CC1)C(=O)N1CCN(CCCOc2ccc3nccc(C(=O)NCC(=O)N4CC(F)(F)C[C@@H]4C#N)c3c2)CC1. The molecule has 0 spiro atoms. The molecular formula is C60H80F2IN13O15. The Kier molecular flexibility index (Phi) is 28.9. The summed E-state index contributed by atoms with van der Waals surface area (Å²) in [5.74, 6) is -10.6. The molecule has 3 atom stereocenters. The number of aliphatic carboxylic acids is 3. The molecule has 7 N–H and O–H groups in total. The van der Waals surface area contributed by atoms with Gasteiger partial charge in [0.25, 0.3) is 11.8 Å². The van der Waals surface area contributed by atoms with Crippen LogP contribution in [0, 0.1) is 14.9 Å². The van der Waals surface area contributed by atoms with Crippen molar-refractivity contribution in [2.45, 2.75) is 75.4 Å². The predicted octanol–water partition coefficient (Wildman–Crippen LogP) is 0.169. The van der Waals surface area contributed by atoms with Gasteiger partial charge in [-0.25, -0.2) is 8.78 Å². The van der Waals surface area contributed by atoms with Crippen LogP contribution in [0.1, 0.15) is 60.9 Å². The molecule has 2 aromatic carbocycles. The number of carboxylic acids is 3. The Bertz CT molecular complexity index is 3030. The molecule has 496 valence electrons. The van der Waals surface area contributed by atoms with E-state index in [4.69, 9.17) is 9.47 Å². The van der Waals surface area contributed by atoms with Crippen molar-refractivity contribution in [3.05, 3.63) is 69.4 Å². The Labute approximate surface area is 539 Å². The summed E-state index contributed by atoms with van der Waals surface area (Å²) in [6, 6.07) is 12.1. The summed E-state index contributed by atoms with van der Waals surface area (Å²) in [5.41, 5.74) is 1.70. The molecule has 0 aliphatic carbocycles. The van der Waals surface area contributed by atoms with Gasteiger partial charge in [-0.3, -0.25) is 77.4 Å². The van der Waals surface area contributed by atoms with Gasteiger partial charge >= 0.3 is 23.9 Å². The molecule has 3 fully saturated rings. The standard InChI is InChI=1S/C60H80F2IN13O15/c1-90-56(86)32-49(59(89)75-28-26-70(27-29-75)17-4-30-91-44-12-13-47-46(31-44)45(14-16-65-47)57(87)67-35-52(79)76-40-60(61,62)33-43(76)34-64)69-58(88)48(6-3-15-66-50(77)7-2-5-41-8-10-42(63)11-9-41)68-51(78)36-71-18-20-72(37-53(80)81)22-24-74(39-55(84)85)25-23-73(21-19-71)38-54(82)83/h8-14,16,31,43,48-49H,2-7,15,17-30,32-33,35-40H2,1H3,(H,66,77)(H,67,87)(H,68,78)(H,69,88)(H,80,81)(H,82,83)(H,84,85)/t43-,48+,49+/m1/s1. The summed E-state index contributed by atoms with van der Waals surface area (Å²) in [7, 11) is 1.14. The Morgan fingerprint density at radius 3 is 1.90 bits per heavy atom. The second kappa shape index (κ2) is 36.3. The number of aryl methyl sites for hydroxylation is 1. The van der Waals surface area contributed by atoms with E-state index in [1.54, 1.807) is 43.9 Å². The second-order valence-electron chi connectivity index (χ2n) is 22.5. The molecule has 91 heavy (non-hydrogen) atoms. The summed E-state index contributed by atoms with van der Waals surface area (Å²) >= 11 is 2.22. The largest absolute Gasteiger partial charge is 0.494 e. The fourth-order valence-corrected chi connectivity index (χ4v) is 11.2. The van der Waals surface area contributed by atoms with Crippen molar-refractivity contribution in [2.24, 2.45) is 0 Å². The topological polar surface area (TPSA) is 357 Å². The number of nitriles is 1. The third kappa shape index (κ3) is 24.8. The number of alkyl halides is 2. The molecule has 0 unspecified atom stereocenters. The predicted molar refractivity (Wildman–Crippen MR) is 331 cm³/mol. The molecule has 6 rings (SSSR count). The normalized spacial score (nSPS) is 17.9. The molecule has 28 nitrogen and oxygen atoms in total. The molecular weight excluding hydrogens is 1310 g/mol. The average Bonchev–Trinajstić information content (AvgIpc) is 1.55. The maximum Gasteiger partial charge on any atom is 0.317 e. The maximum absolute atomic E-state index is 14.4. The van der Waals surface area contributed by atoms with Crippen molar-refractivity contribution >= 4 is 92.8 Å². The lowest BCUT2D eigenvalue weighted by Gasteiger charge is -2.36. The highest BCUT2D eigenvalue weighted by Crippen LogP contribution is 2.32. The third-order valence-corrected chi connectivity index (χ3v) is 16.4. The first kappa shape index (κ1) is 72.3. The Hall–Kier alpha value is -7.77. The highest BCUT2D eigenvalue weighted by atomic mass is 127. The average molecular weight is 1390 g/mol. The number of methoxy groups -OCH3 is 1. The van der Waals surface area contributed by atoms with E-state index in [9.17, 15) is 77.3 Å². The van der Waals surface area contributed by atoms with E-state index >= 15 is 0 Å². The zero-order chi connectivity index (χ0) is 66.0. The number of likely N-dealkylation sites (tertiary alicyclic amines) is 1. The van der Waals surface area contributed by atoms with Gasteiger partial charge in [-0.05, 0) is 96.7 Å². The van der Waals surface area contributed by atoms with E-state index in [-0.39, 0.29) is 136 Å². The van der Waals surface area contributed by atoms with E-state index in [0.717, 1.165) is 21.1 Å². The summed E-state index contributed by atoms with van der Waals surface area (Å²) in [5, 5.41) is 49.5. The van der Waals surface area contributed by atoms with Gasteiger partial charge in [-0.2, -0.15) is 5.26 Å². The minimum absolute atomic E-state index is 0.0207. The second-order valence-corrected chi connectivity index (χ2v) is 23.8. The molecule has 6 amide bonds. The van der Waals surface area contributed by atoms with E-state index in [1.807, 2.05) is 24.3 Å². The molecule has 1 aromatic heterocycles. The van der Waals surface area contributed by atoms with Crippen LogP contribution in [0.25, 0.3) is 10.9 Å². The number of hydrogen-bond donors (Lipinski definition) is 7. The number of fused-ring (bicyclic) bond motifs is 1. The molecule has 3 aromatic rings. The number of halogens is 3. The van der Waals surface area contributed by atoms with Crippen LogP contribution in [0.15, 0.2) is 54.7 Å². The van der Waals surface area contributed by atoms with Gasteiger partial charge in [-0.15, -0.1) is 0 Å². The maximum atomic E-state index is 14.4. The first-order chi connectivity index (χ1) is 43.5. The highest BCUT2D eigenvalue weighted by Gasteiger charge is 2.47. The van der Waals surface area contributed by atoms with Gasteiger partial charge in [-0.1, -0.05) is 12.1 Å². The van der Waals surface area contributed by atoms with Gasteiger partial charge < -0.3 is 55.9 Å². The number of aromatic nitrogens is 1. The number of carbonyl (C=O) groups is 10. The van der Waals surface area contributed by atoms with Crippen LogP contribution in [-0.4, -0.2) is 283 Å². The number of hydrogen-bond acceptors (Lipinski definition) is 19. The van der Waals surface area contributed by atoms with Crippen molar-refractivity contribution < 1.29 is 81.5 Å². The van der Waals surface area contributed by atoms with E-state index < -0.39 is 103 Å². The summed E-state index contributed by atoms with van der Waals surface area (Å²) in [4.78, 5) is 145. The Morgan fingerprint density at radius 1 is 0.725 bits per heavy atom. The van der Waals surface area contributed by atoms with Gasteiger partial charge in [0, 0.05) is 120 Å². The summed E-state index contributed by atoms with van der Waals surface area (Å²) in [6.45, 7) is 0.410. The monoisotopic (exact) mass is 1390 g/mol. The molecule has 4 heterocycles. The van der Waals surface area contributed by atoms with Crippen molar-refractivity contribution in [1.82, 2.24) is 60.6 Å². The van der Waals surface area contributed by atoms with Crippen LogP contribution in [-0.2, 0) is 54.3 Å². The Morgan fingerprint density at radius 2 is 1.32 bits per heavy atom. The number of nitrogens with zero attached hydrogens (tertiary/aromatic N) is 9. The molecule has 31 heteroatoms. The van der Waals surface area contributed by atoms with Crippen LogP contribution in [0.3, 0.4) is 0 Å². The lowest BCUT2D eigenvalue weighted by Crippen LogP contribution is -2.58. The van der Waals surface area contributed by atoms with Crippen LogP contribution in [0.2, 0.25) is 0 Å². The number of nitrogens with one attached hydrogen (secondary N) is 4. The fraction of sp³-hybridized carbons (Fsp3) is 0.567. The minimum Gasteiger partial charge on any atom is -0.494 e. The number of amides is 6. The number of rotatable bonds is 30. The minimum atomic E-state index is -3.21. The van der Waals surface area contributed by atoms with E-state index in [0.29, 0.717) is 55.5 Å². The number of pyridine rings is 1. The summed E-state index contributed by atoms with van der Waals surface area (Å²) < 4.78 is 40.0. The number of ether oxygens (including phenoxy) is 2. The molecule has 3 saturated heterocycles. The number of carboxylic acid groups (broad SMARTS) is 3. The van der Waals surface area contributed by atoms with Gasteiger partial charge in [0.05, 0.1) is 76.6 Å². The first-order valence-electron chi connectivity index (χ1n) is 30.1. The van der Waals surface area contributed by atoms with E-state index in [2.05, 4.69) is 53.7 Å². The third-order valence-electron chi connectivity index (χ3n) is 15.7. The quantitative estimate of drug-likeness (QED) is 0.0266. The molecule has 0 bridgehead atoms. The number of piperazine rings is 1. The van der Waals surface area contributed by atoms with Crippen molar-refractivity contribution in [3.63, 3.8) is 0 Å². The zero-order valence-electron chi connectivity index (χ0n) is 50.8. The van der Waals surface area contributed by atoms with Gasteiger partial charge in [0.1, 0.15) is 23.9 Å². The molecule has 0 radical (unpaired) electrons. The summed E-state index contributed by atoms with van der Waals surface area (Å²) in [6.07, 6.45) is 2.33. The lowest BCUT2D eigenvalue weighted by molar-refractivity contribution is -0.147. The lowest BCUT2D eigenvalue weighted by atomic mass is 10.1. The van der Waals surface area contributed by atoms with Crippen LogP contribution < -0.4 is 26.0 Å². The number of benzene rings is 2. The fourth-order valence-electron chi connectivity index (χ4n) is 10.8. The molecule has 3 aliphatic heterocycles. The van der Waals surface area contributed by atoms with Crippen molar-refractivity contribution in [3.8, 4) is 11.8 Å². The zero-order valence-corrected chi connectivity index (χ0v) is 53.0. The van der Waals surface area contributed by atoms with E-state index in [1.165, 1.54) is 17.2 Å². The molecule has 3 aliphatic rings. The van der Waals surface area contributed by atoms with Crippen molar-refractivity contribution in [1.29, 1.82) is 5.26 Å². The number of carbonyl (C=O) groups excluding carboxylic acids is 7. The van der Waals surface area contributed by atoms with Crippen LogP contribution in [0.4, 0.5) is 8.78 Å². The first-order valence-corrected chi connectivity index (χ1v) is 31.2. The van der Waals surface area contributed by atoms with Crippen LogP contribution in [0.5, 0.6) is 5.75 Å². The molecule has 0 saturated carbocycles. The van der Waals surface area contributed by atoms with Gasteiger partial charge in [0.15, 0.2) is 0 Å². The number of esters is 1. The highest BCUT2D eigenvalue weighted by molar-refractivity contribution is 14.1. The van der Waals surface area contributed by atoms with Gasteiger partial charge in [0.2, 0.25) is 29.5 Å². The van der Waals surface area contributed by atoms with Crippen molar-refractivity contribution in [2.75, 3.05) is 145 Å². The van der Waals surface area contributed by atoms with Crippen LogP contribution >= 0.6 is 22.6 Å².